The largest absolute Gasteiger partial charge is 0.486 e. The number of carbonyl (C=O) groups is 1. The quantitative estimate of drug-likeness (QED) is 0.651. The van der Waals surface area contributed by atoms with Crippen molar-refractivity contribution in [1.82, 2.24) is 14.8 Å². The summed E-state index contributed by atoms with van der Waals surface area (Å²) in [5, 5.41) is 0. The van der Waals surface area contributed by atoms with E-state index in [1.165, 1.54) is 36.8 Å². The van der Waals surface area contributed by atoms with Gasteiger partial charge in [0.1, 0.15) is 11.4 Å². The Morgan fingerprint density at radius 1 is 1.08 bits per heavy atom. The fraction of sp³-hybridized carbons (Fsp3) is 0.613. The van der Waals surface area contributed by atoms with Crippen LogP contribution in [0.5, 0.6) is 5.75 Å². The molecule has 1 aromatic carbocycles. The normalized spacial score (nSPS) is 27.9. The van der Waals surface area contributed by atoms with Crippen LogP contribution in [0.1, 0.15) is 89.3 Å². The maximum absolute atomic E-state index is 14.0. The lowest BCUT2D eigenvalue weighted by molar-refractivity contribution is 0.0157. The second-order valence-electron chi connectivity index (χ2n) is 12.9. The van der Waals surface area contributed by atoms with Gasteiger partial charge in [0.05, 0.1) is 6.54 Å². The zero-order chi connectivity index (χ0) is 26.3. The Balaban J connectivity index is 1.31. The summed E-state index contributed by atoms with van der Waals surface area (Å²) in [6.07, 6.45) is 7.93. The topological polar surface area (TPSA) is 65.6 Å². The maximum Gasteiger partial charge on any atom is 0.254 e. The number of pyridine rings is 1. The molecule has 2 aromatic rings. The van der Waals surface area contributed by atoms with E-state index >= 15 is 0 Å². The van der Waals surface area contributed by atoms with Gasteiger partial charge in [-0.2, -0.15) is 0 Å². The molecule has 2 aliphatic heterocycles. The Bertz CT molecular complexity index is 1330. The first-order chi connectivity index (χ1) is 17.5. The lowest BCUT2D eigenvalue weighted by Gasteiger charge is -2.40. The van der Waals surface area contributed by atoms with Crippen molar-refractivity contribution in [3.63, 3.8) is 0 Å². The Labute approximate surface area is 220 Å². The van der Waals surface area contributed by atoms with Gasteiger partial charge in [0, 0.05) is 46.8 Å². The molecule has 0 radical (unpaired) electrons. The number of nitrogens with zero attached hydrogens (tertiary/aromatic N) is 2. The number of hydrogen-bond donors (Lipinski definition) is 1. The van der Waals surface area contributed by atoms with E-state index in [0.29, 0.717) is 30.6 Å². The fourth-order valence-electron chi connectivity index (χ4n) is 7.57. The van der Waals surface area contributed by atoms with Crippen LogP contribution in [0.3, 0.4) is 0 Å². The lowest BCUT2D eigenvalue weighted by atomic mass is 9.74. The molecule has 1 spiro atoms. The van der Waals surface area contributed by atoms with E-state index in [2.05, 4.69) is 43.9 Å². The number of aromatic nitrogens is 1. The Hall–Kier alpha value is -2.60. The molecule has 0 bridgehead atoms. The van der Waals surface area contributed by atoms with Crippen LogP contribution in [0.25, 0.3) is 0 Å². The van der Waals surface area contributed by atoms with E-state index in [9.17, 15) is 9.59 Å². The Kier molecular flexibility index (Phi) is 5.65. The summed E-state index contributed by atoms with van der Waals surface area (Å²) in [4.78, 5) is 33.9. The van der Waals surface area contributed by atoms with Crippen LogP contribution < -0.4 is 10.3 Å². The van der Waals surface area contributed by atoms with E-state index in [4.69, 9.17) is 4.74 Å². The number of amides is 1. The molecular formula is C31H41N3O3. The van der Waals surface area contributed by atoms with Gasteiger partial charge < -0.3 is 19.5 Å². The number of hydrogen-bond acceptors (Lipinski definition) is 4. The number of carbonyl (C=O) groups excluding carboxylic acids is 1. The minimum atomic E-state index is -0.208. The van der Waals surface area contributed by atoms with Crippen molar-refractivity contribution in [2.45, 2.75) is 96.2 Å². The lowest BCUT2D eigenvalue weighted by Crippen LogP contribution is -2.44. The van der Waals surface area contributed by atoms with Crippen molar-refractivity contribution in [1.29, 1.82) is 0 Å². The number of nitrogens with one attached hydrogen (secondary N) is 1. The molecule has 1 atom stereocenters. The van der Waals surface area contributed by atoms with Gasteiger partial charge >= 0.3 is 0 Å². The van der Waals surface area contributed by atoms with Gasteiger partial charge in [0.2, 0.25) is 0 Å². The van der Waals surface area contributed by atoms with Gasteiger partial charge in [-0.1, -0.05) is 6.07 Å². The molecule has 0 unspecified atom stereocenters. The molecule has 37 heavy (non-hydrogen) atoms. The maximum atomic E-state index is 14.0. The van der Waals surface area contributed by atoms with Crippen LogP contribution in [0.2, 0.25) is 0 Å². The molecule has 6 rings (SSSR count). The van der Waals surface area contributed by atoms with Crippen molar-refractivity contribution >= 4 is 5.91 Å². The summed E-state index contributed by atoms with van der Waals surface area (Å²) in [5.74, 6) is 1.51. The summed E-state index contributed by atoms with van der Waals surface area (Å²) in [5.41, 5.74) is 6.54. The summed E-state index contributed by atoms with van der Waals surface area (Å²) in [6.45, 7) is 9.27. The second kappa shape index (κ2) is 8.45. The smallest absolute Gasteiger partial charge is 0.254 e. The van der Waals surface area contributed by atoms with Gasteiger partial charge in [0.25, 0.3) is 11.5 Å². The molecule has 6 nitrogen and oxygen atoms in total. The molecule has 0 saturated heterocycles. The predicted octanol–water partition coefficient (Wildman–Crippen LogP) is 4.80. The van der Waals surface area contributed by atoms with Crippen LogP contribution in [-0.4, -0.2) is 53.0 Å². The number of aryl methyl sites for hydroxylation is 2. The molecule has 1 amide bonds. The van der Waals surface area contributed by atoms with E-state index in [1.807, 2.05) is 24.8 Å². The highest BCUT2D eigenvalue weighted by atomic mass is 16.5. The number of aromatic amines is 1. The fourth-order valence-corrected chi connectivity index (χ4v) is 7.57. The second-order valence-corrected chi connectivity index (χ2v) is 12.9. The summed E-state index contributed by atoms with van der Waals surface area (Å²) in [6, 6.07) is 4.98. The van der Waals surface area contributed by atoms with Crippen LogP contribution in [0.15, 0.2) is 16.9 Å². The minimum Gasteiger partial charge on any atom is -0.486 e. The van der Waals surface area contributed by atoms with Gasteiger partial charge in [-0.25, -0.2) is 0 Å². The molecule has 198 valence electrons. The molecule has 3 heterocycles. The predicted molar refractivity (Wildman–Crippen MR) is 146 cm³/mol. The summed E-state index contributed by atoms with van der Waals surface area (Å²) < 4.78 is 6.83. The van der Waals surface area contributed by atoms with Gasteiger partial charge in [-0.05, 0) is 109 Å². The third-order valence-corrected chi connectivity index (χ3v) is 10.0. The van der Waals surface area contributed by atoms with Crippen LogP contribution >= 0.6 is 0 Å². The van der Waals surface area contributed by atoms with Crippen molar-refractivity contribution in [2.75, 3.05) is 20.6 Å². The zero-order valence-corrected chi connectivity index (χ0v) is 23.3. The number of H-pyrrole nitrogens is 1. The minimum absolute atomic E-state index is 0.0250. The van der Waals surface area contributed by atoms with Gasteiger partial charge in [-0.3, -0.25) is 9.59 Å². The number of fused-ring (bicyclic) bond motifs is 3. The average Bonchev–Trinajstić information content (AvgIpc) is 3.52. The van der Waals surface area contributed by atoms with E-state index in [-0.39, 0.29) is 22.5 Å². The average molecular weight is 504 g/mol. The van der Waals surface area contributed by atoms with Crippen molar-refractivity contribution in [3.8, 4) is 5.75 Å². The SMILES string of the molecule is Cc1cc(C)c(CN2CC3(CC3)c3cc4c(c(C)c3C2=O)O[C@](C)(C2CCC(N(C)C)CC2)C4)c(=O)[nH]1. The number of rotatable bonds is 4. The monoisotopic (exact) mass is 503 g/mol. The highest BCUT2D eigenvalue weighted by Gasteiger charge is 2.54. The van der Waals surface area contributed by atoms with Gasteiger partial charge in [0.15, 0.2) is 0 Å². The molecule has 2 aliphatic carbocycles. The third-order valence-electron chi connectivity index (χ3n) is 10.0. The molecule has 6 heteroatoms. The van der Waals surface area contributed by atoms with E-state index < -0.39 is 0 Å². The van der Waals surface area contributed by atoms with Crippen molar-refractivity contribution in [3.05, 3.63) is 61.6 Å². The third kappa shape index (κ3) is 3.94. The van der Waals surface area contributed by atoms with E-state index in [1.54, 1.807) is 0 Å². The first-order valence-electron chi connectivity index (χ1n) is 14.0. The highest BCUT2D eigenvalue weighted by molar-refractivity contribution is 6.00. The first kappa shape index (κ1) is 24.7. The zero-order valence-electron chi connectivity index (χ0n) is 23.3. The number of ether oxygens (including phenoxy) is 1. The first-order valence-corrected chi connectivity index (χ1v) is 14.0. The summed E-state index contributed by atoms with van der Waals surface area (Å²) >= 11 is 0. The van der Waals surface area contributed by atoms with Crippen LogP contribution in [-0.2, 0) is 18.4 Å². The molecular weight excluding hydrogens is 462 g/mol. The number of benzene rings is 1. The highest BCUT2D eigenvalue weighted by Crippen LogP contribution is 2.56. The Morgan fingerprint density at radius 2 is 1.78 bits per heavy atom. The van der Waals surface area contributed by atoms with Crippen LogP contribution in [0.4, 0.5) is 0 Å². The molecule has 4 aliphatic rings. The Morgan fingerprint density at radius 3 is 2.41 bits per heavy atom. The van der Waals surface area contributed by atoms with Crippen LogP contribution in [0, 0.1) is 26.7 Å². The standard InChI is InChI=1S/C31H41N3O3/c1-18-13-19(2)32-28(35)24(18)16-34-17-31(11-12-31)25-14-21-15-30(4,22-7-9-23(10-8-22)33(5)6)37-27(21)20(3)26(25)29(34)36/h13-14,22-23H,7-12,15-17H2,1-6H3,(H,32,35)/t22?,23?,30-/m0/s1. The molecule has 1 N–H and O–H groups in total. The summed E-state index contributed by atoms with van der Waals surface area (Å²) in [7, 11) is 4.37. The van der Waals surface area contributed by atoms with Crippen molar-refractivity contribution in [2.24, 2.45) is 5.92 Å². The molecule has 2 fully saturated rings. The van der Waals surface area contributed by atoms with E-state index in [0.717, 1.165) is 47.4 Å². The molecule has 1 aromatic heterocycles. The van der Waals surface area contributed by atoms with Crippen molar-refractivity contribution < 1.29 is 9.53 Å². The molecule has 2 saturated carbocycles. The van der Waals surface area contributed by atoms with Gasteiger partial charge in [-0.15, -0.1) is 0 Å².